The van der Waals surface area contributed by atoms with Crippen LogP contribution in [0.5, 0.6) is 0 Å². The third-order valence-electron chi connectivity index (χ3n) is 11.9. The second-order valence-corrected chi connectivity index (χ2v) is 13.9. The minimum atomic E-state index is -0.349. The van der Waals surface area contributed by atoms with Crippen LogP contribution in [0.25, 0.3) is 0 Å². The van der Waals surface area contributed by atoms with Crippen molar-refractivity contribution in [3.05, 3.63) is 23.8 Å². The molecular formula is C31H47NO2. The second kappa shape index (κ2) is 8.25. The minimum absolute atomic E-state index is 0.0214. The van der Waals surface area contributed by atoms with E-state index in [1.807, 2.05) is 0 Å². The smallest absolute Gasteiger partial charge is 0.312 e. The summed E-state index contributed by atoms with van der Waals surface area (Å²) in [6.45, 7) is 18.9. The zero-order valence-electron chi connectivity index (χ0n) is 22.9. The van der Waals surface area contributed by atoms with Crippen molar-refractivity contribution in [2.45, 2.75) is 106 Å². The Morgan fingerprint density at radius 2 is 1.82 bits per heavy atom. The van der Waals surface area contributed by atoms with Gasteiger partial charge in [0, 0.05) is 6.42 Å². The Hall–Kier alpha value is -1.56. The van der Waals surface area contributed by atoms with Gasteiger partial charge in [-0.2, -0.15) is 5.26 Å². The lowest BCUT2D eigenvalue weighted by atomic mass is 9.35. The molecule has 0 amide bonds. The summed E-state index contributed by atoms with van der Waals surface area (Å²) in [7, 11) is 1.58. The molecule has 0 aromatic heterocycles. The van der Waals surface area contributed by atoms with Gasteiger partial charge in [0.25, 0.3) is 0 Å². The molecule has 3 saturated carbocycles. The highest BCUT2D eigenvalue weighted by molar-refractivity contribution is 5.78. The van der Waals surface area contributed by atoms with Gasteiger partial charge < -0.3 is 4.74 Å². The van der Waals surface area contributed by atoms with E-state index in [9.17, 15) is 10.1 Å². The average Bonchev–Trinajstić information content (AvgIpc) is 2.77. The second-order valence-electron chi connectivity index (χ2n) is 13.9. The summed E-state index contributed by atoms with van der Waals surface area (Å²) < 4.78 is 5.47. The van der Waals surface area contributed by atoms with E-state index in [0.29, 0.717) is 18.3 Å². The number of allylic oxidation sites excluding steroid dienone is 3. The van der Waals surface area contributed by atoms with Gasteiger partial charge in [-0.15, -0.1) is 0 Å². The van der Waals surface area contributed by atoms with Gasteiger partial charge in [0.15, 0.2) is 0 Å². The summed E-state index contributed by atoms with van der Waals surface area (Å²) in [5.41, 5.74) is 3.08. The van der Waals surface area contributed by atoms with Crippen LogP contribution in [0.3, 0.4) is 0 Å². The quantitative estimate of drug-likeness (QED) is 0.312. The van der Waals surface area contributed by atoms with E-state index < -0.39 is 0 Å². The zero-order chi connectivity index (χ0) is 25.2. The van der Waals surface area contributed by atoms with Gasteiger partial charge in [-0.1, -0.05) is 58.4 Å². The Bertz CT molecular complexity index is 940. The van der Waals surface area contributed by atoms with Crippen LogP contribution in [0, 0.1) is 56.2 Å². The van der Waals surface area contributed by atoms with Gasteiger partial charge in [0.1, 0.15) is 0 Å². The fourth-order valence-electron chi connectivity index (χ4n) is 9.66. The number of hydrogen-bond donors (Lipinski definition) is 0. The predicted octanol–water partition coefficient (Wildman–Crippen LogP) is 8.02. The molecule has 3 nitrogen and oxygen atoms in total. The first-order chi connectivity index (χ1) is 15.8. The molecule has 0 spiro atoms. The van der Waals surface area contributed by atoms with Crippen LogP contribution >= 0.6 is 0 Å². The van der Waals surface area contributed by atoms with Crippen LogP contribution in [0.4, 0.5) is 0 Å². The van der Waals surface area contributed by atoms with Gasteiger partial charge in [-0.05, 0) is 104 Å². The molecule has 3 heteroatoms. The first-order valence-electron chi connectivity index (χ1n) is 13.6. The molecule has 0 saturated heterocycles. The topological polar surface area (TPSA) is 50.1 Å². The summed E-state index contributed by atoms with van der Waals surface area (Å²) in [6.07, 6.45) is 12.7. The SMILES string of the molecule is C=C(C)[C@@H]1CC[C@]2(C)[C@H](CC=C3C4CC(C)(C)CC[C@]4(C(=O)OC)CC[C@]32C)[C@@]1(C)CCC#N. The van der Waals surface area contributed by atoms with Gasteiger partial charge in [0.05, 0.1) is 18.6 Å². The van der Waals surface area contributed by atoms with Crippen molar-refractivity contribution in [2.24, 2.45) is 44.8 Å². The molecule has 4 aliphatic carbocycles. The Labute approximate surface area is 208 Å². The molecule has 4 aliphatic rings. The summed E-state index contributed by atoms with van der Waals surface area (Å²) in [4.78, 5) is 13.3. The van der Waals surface area contributed by atoms with Crippen LogP contribution < -0.4 is 0 Å². The number of carbonyl (C=O) groups is 1. The highest BCUT2D eigenvalue weighted by Crippen LogP contribution is 2.74. The van der Waals surface area contributed by atoms with Gasteiger partial charge in [-0.25, -0.2) is 0 Å². The first-order valence-corrected chi connectivity index (χ1v) is 13.6. The number of esters is 1. The highest BCUT2D eigenvalue weighted by atomic mass is 16.5. The minimum Gasteiger partial charge on any atom is -0.469 e. The molecule has 0 aromatic carbocycles. The van der Waals surface area contributed by atoms with Crippen molar-refractivity contribution in [3.8, 4) is 6.07 Å². The molecular weight excluding hydrogens is 418 g/mol. The first kappa shape index (κ1) is 25.5. The molecule has 7 atom stereocenters. The van der Waals surface area contributed by atoms with Crippen molar-refractivity contribution in [1.82, 2.24) is 0 Å². The number of methoxy groups -OCH3 is 1. The fraction of sp³-hybridized carbons (Fsp3) is 0.806. The molecule has 0 aromatic rings. The molecule has 188 valence electrons. The Balaban J connectivity index is 1.83. The van der Waals surface area contributed by atoms with E-state index in [4.69, 9.17) is 4.74 Å². The van der Waals surface area contributed by atoms with Crippen molar-refractivity contribution < 1.29 is 9.53 Å². The molecule has 1 unspecified atom stereocenters. The van der Waals surface area contributed by atoms with Crippen molar-refractivity contribution >= 4 is 5.97 Å². The molecule has 0 bridgehead atoms. The van der Waals surface area contributed by atoms with Gasteiger partial charge in [0.2, 0.25) is 0 Å². The summed E-state index contributed by atoms with van der Waals surface area (Å²) in [5, 5.41) is 9.49. The lowest BCUT2D eigenvalue weighted by Crippen LogP contribution is -2.62. The number of fused-ring (bicyclic) bond motifs is 5. The zero-order valence-corrected chi connectivity index (χ0v) is 22.9. The number of nitrogens with zero attached hydrogens (tertiary/aromatic N) is 1. The summed E-state index contributed by atoms with van der Waals surface area (Å²) in [5.74, 6) is 1.31. The standard InChI is InChI=1S/C31H47NO2/c1-21(2)22-12-14-30(7)25(28(22,5)13-9-19-32)11-10-23-24-20-27(3,4)15-17-31(24,26(33)34-8)18-16-29(23,30)6/h10,22,24-25H,1,9,11-18,20H2,2-8H3/t22-,24?,25+,28-,29+,30+,31-/m0/s1. The molecule has 0 radical (unpaired) electrons. The molecule has 34 heavy (non-hydrogen) atoms. The van der Waals surface area contributed by atoms with Crippen LogP contribution in [0.1, 0.15) is 106 Å². The van der Waals surface area contributed by atoms with Crippen molar-refractivity contribution in [3.63, 3.8) is 0 Å². The Morgan fingerprint density at radius 3 is 2.44 bits per heavy atom. The lowest BCUT2D eigenvalue weighted by molar-refractivity contribution is -0.174. The number of carbonyl (C=O) groups excluding carboxylic acids is 1. The van der Waals surface area contributed by atoms with E-state index in [2.05, 4.69) is 60.3 Å². The fourth-order valence-corrected chi connectivity index (χ4v) is 9.66. The third kappa shape index (κ3) is 3.37. The molecule has 0 aliphatic heterocycles. The van der Waals surface area contributed by atoms with E-state index in [1.54, 1.807) is 12.7 Å². The highest BCUT2D eigenvalue weighted by Gasteiger charge is 2.67. The number of nitriles is 1. The van der Waals surface area contributed by atoms with Crippen LogP contribution in [-0.4, -0.2) is 13.1 Å². The van der Waals surface area contributed by atoms with Crippen molar-refractivity contribution in [1.29, 1.82) is 5.26 Å². The largest absolute Gasteiger partial charge is 0.469 e. The molecule has 0 N–H and O–H groups in total. The van der Waals surface area contributed by atoms with E-state index in [-0.39, 0.29) is 39.0 Å². The molecule has 3 fully saturated rings. The third-order valence-corrected chi connectivity index (χ3v) is 11.9. The van der Waals surface area contributed by atoms with Crippen LogP contribution in [0.15, 0.2) is 23.8 Å². The maximum Gasteiger partial charge on any atom is 0.312 e. The average molecular weight is 466 g/mol. The number of hydrogen-bond acceptors (Lipinski definition) is 3. The maximum absolute atomic E-state index is 13.3. The number of rotatable bonds is 4. The number of ether oxygens (including phenoxy) is 1. The van der Waals surface area contributed by atoms with Gasteiger partial charge in [-0.3, -0.25) is 4.79 Å². The Morgan fingerprint density at radius 1 is 1.15 bits per heavy atom. The molecule has 0 heterocycles. The van der Waals surface area contributed by atoms with Crippen LogP contribution in [-0.2, 0) is 9.53 Å². The van der Waals surface area contributed by atoms with Gasteiger partial charge >= 0.3 is 5.97 Å². The van der Waals surface area contributed by atoms with E-state index in [0.717, 1.165) is 51.4 Å². The normalized spacial score (nSPS) is 45.0. The summed E-state index contributed by atoms with van der Waals surface area (Å²) in [6, 6.07) is 2.45. The molecule has 4 rings (SSSR count). The van der Waals surface area contributed by atoms with Crippen molar-refractivity contribution in [2.75, 3.05) is 7.11 Å². The predicted molar refractivity (Wildman–Crippen MR) is 138 cm³/mol. The van der Waals surface area contributed by atoms with E-state index in [1.165, 1.54) is 12.0 Å². The monoisotopic (exact) mass is 465 g/mol. The maximum atomic E-state index is 13.3. The summed E-state index contributed by atoms with van der Waals surface area (Å²) >= 11 is 0. The van der Waals surface area contributed by atoms with Crippen LogP contribution in [0.2, 0.25) is 0 Å². The Kier molecular flexibility index (Phi) is 6.19. The lowest BCUT2D eigenvalue weighted by Gasteiger charge is -2.69. The van der Waals surface area contributed by atoms with E-state index >= 15 is 0 Å².